The maximum Gasteiger partial charge on any atom is 0.287 e. The number of benzene rings is 1. The van der Waals surface area contributed by atoms with Crippen LogP contribution in [0.4, 0.5) is 17.1 Å². The maximum atomic E-state index is 11.9. The highest BCUT2D eigenvalue weighted by Crippen LogP contribution is 2.29. The van der Waals surface area contributed by atoms with Crippen LogP contribution < -0.4 is 16.6 Å². The van der Waals surface area contributed by atoms with Crippen molar-refractivity contribution in [2.75, 3.05) is 11.1 Å². The van der Waals surface area contributed by atoms with Crippen molar-refractivity contribution in [1.82, 2.24) is 9.78 Å². The van der Waals surface area contributed by atoms with Crippen molar-refractivity contribution in [1.29, 1.82) is 0 Å². The molecule has 0 fully saturated rings. The molecule has 0 amide bonds. The van der Waals surface area contributed by atoms with Gasteiger partial charge in [0.1, 0.15) is 5.02 Å². The lowest BCUT2D eigenvalue weighted by Gasteiger charge is -2.11. The van der Waals surface area contributed by atoms with Gasteiger partial charge in [0, 0.05) is 5.69 Å². The van der Waals surface area contributed by atoms with E-state index in [1.807, 2.05) is 0 Å². The monoisotopic (exact) mass is 310 g/mol. The fourth-order valence-electron chi connectivity index (χ4n) is 1.59. The van der Waals surface area contributed by atoms with Gasteiger partial charge in [-0.3, -0.25) is 4.79 Å². The van der Waals surface area contributed by atoms with E-state index >= 15 is 0 Å². The van der Waals surface area contributed by atoms with Crippen LogP contribution in [-0.4, -0.2) is 9.78 Å². The molecule has 0 bridgehead atoms. The average Bonchev–Trinajstić information content (AvgIpc) is 2.42. The Balaban J connectivity index is 2.39. The van der Waals surface area contributed by atoms with E-state index in [1.165, 1.54) is 10.9 Å². The number of anilines is 3. The Labute approximate surface area is 125 Å². The number of halogens is 2. The number of hydrogen-bond acceptors (Lipinski definition) is 4. The van der Waals surface area contributed by atoms with Crippen molar-refractivity contribution < 1.29 is 0 Å². The smallest absolute Gasteiger partial charge is 0.287 e. The van der Waals surface area contributed by atoms with Crippen molar-refractivity contribution in [2.24, 2.45) is 0 Å². The van der Waals surface area contributed by atoms with E-state index in [0.29, 0.717) is 22.1 Å². The average molecular weight is 311 g/mol. The van der Waals surface area contributed by atoms with E-state index in [4.69, 9.17) is 28.9 Å². The van der Waals surface area contributed by atoms with Crippen molar-refractivity contribution in [3.05, 3.63) is 57.4 Å². The molecule has 5 nitrogen and oxygen atoms in total. The predicted octanol–water partition coefficient (Wildman–Crippen LogP) is 3.06. The molecule has 0 unspecified atom stereocenters. The van der Waals surface area contributed by atoms with Crippen LogP contribution in [0.25, 0.3) is 0 Å². The fraction of sp³-hybridized carbons (Fsp3) is 0.0769. The molecule has 2 rings (SSSR count). The van der Waals surface area contributed by atoms with Gasteiger partial charge in [0.15, 0.2) is 0 Å². The summed E-state index contributed by atoms with van der Waals surface area (Å²) in [5, 5.41) is 7.43. The van der Waals surface area contributed by atoms with Crippen LogP contribution in [0.1, 0.15) is 0 Å². The molecule has 1 aromatic carbocycles. The zero-order valence-corrected chi connectivity index (χ0v) is 11.9. The first kappa shape index (κ1) is 14.4. The van der Waals surface area contributed by atoms with E-state index in [2.05, 4.69) is 17.0 Å². The summed E-state index contributed by atoms with van der Waals surface area (Å²) in [6, 6.07) is 4.98. The molecule has 7 heteroatoms. The first-order valence-corrected chi connectivity index (χ1v) is 6.47. The Morgan fingerprint density at radius 1 is 1.40 bits per heavy atom. The summed E-state index contributed by atoms with van der Waals surface area (Å²) < 4.78 is 1.21. The van der Waals surface area contributed by atoms with Crippen LogP contribution in [0.15, 0.2) is 41.8 Å². The lowest BCUT2D eigenvalue weighted by molar-refractivity contribution is 0.653. The number of allylic oxidation sites excluding steroid dienone is 1. The second-order valence-electron chi connectivity index (χ2n) is 4.01. The molecule has 2 aromatic rings. The van der Waals surface area contributed by atoms with Gasteiger partial charge in [-0.05, 0) is 18.2 Å². The molecule has 1 heterocycles. The van der Waals surface area contributed by atoms with Gasteiger partial charge in [-0.25, -0.2) is 4.68 Å². The van der Waals surface area contributed by atoms with Crippen LogP contribution in [0.2, 0.25) is 10.0 Å². The summed E-state index contributed by atoms with van der Waals surface area (Å²) in [5.74, 6) is 0. The molecule has 0 aliphatic heterocycles. The minimum absolute atomic E-state index is 0.0281. The largest absolute Gasteiger partial charge is 0.399 e. The number of aromatic nitrogens is 2. The quantitative estimate of drug-likeness (QED) is 0.672. The SMILES string of the molecule is C=CCn1ncc(Nc2cc(N)ccc2Cl)c(Cl)c1=O. The topological polar surface area (TPSA) is 72.9 Å². The first-order valence-electron chi connectivity index (χ1n) is 5.71. The number of rotatable bonds is 4. The summed E-state index contributed by atoms with van der Waals surface area (Å²) in [6.45, 7) is 3.84. The van der Waals surface area contributed by atoms with Gasteiger partial charge in [0.05, 0.1) is 29.1 Å². The third-order valence-electron chi connectivity index (χ3n) is 2.55. The molecule has 0 saturated carbocycles. The molecule has 1 aromatic heterocycles. The highest BCUT2D eigenvalue weighted by molar-refractivity contribution is 6.34. The van der Waals surface area contributed by atoms with E-state index < -0.39 is 5.56 Å². The summed E-state index contributed by atoms with van der Waals surface area (Å²) in [5.41, 5.74) is 6.74. The normalized spacial score (nSPS) is 10.3. The molecule has 0 atom stereocenters. The molecule has 3 N–H and O–H groups in total. The highest BCUT2D eigenvalue weighted by atomic mass is 35.5. The lowest BCUT2D eigenvalue weighted by Crippen LogP contribution is -2.23. The highest BCUT2D eigenvalue weighted by Gasteiger charge is 2.10. The summed E-state index contributed by atoms with van der Waals surface area (Å²) in [6.07, 6.45) is 3.01. The maximum absolute atomic E-state index is 11.9. The molecule has 0 spiro atoms. The van der Waals surface area contributed by atoms with Crippen LogP contribution >= 0.6 is 23.2 Å². The van der Waals surface area contributed by atoms with Gasteiger partial charge in [-0.2, -0.15) is 5.10 Å². The second kappa shape index (κ2) is 5.98. The fourth-order valence-corrected chi connectivity index (χ4v) is 1.95. The van der Waals surface area contributed by atoms with Crippen molar-refractivity contribution >= 4 is 40.3 Å². The van der Waals surface area contributed by atoms with Crippen LogP contribution in [0.5, 0.6) is 0 Å². The molecule has 0 saturated heterocycles. The van der Waals surface area contributed by atoms with Gasteiger partial charge < -0.3 is 11.1 Å². The predicted molar refractivity (Wildman–Crippen MR) is 82.9 cm³/mol. The molecule has 0 radical (unpaired) electrons. The van der Waals surface area contributed by atoms with Crippen molar-refractivity contribution in [2.45, 2.75) is 6.54 Å². The van der Waals surface area contributed by atoms with E-state index in [0.717, 1.165) is 0 Å². The van der Waals surface area contributed by atoms with Gasteiger partial charge in [0.25, 0.3) is 5.56 Å². The number of nitrogens with zero attached hydrogens (tertiary/aromatic N) is 2. The summed E-state index contributed by atoms with van der Waals surface area (Å²) >= 11 is 12.1. The van der Waals surface area contributed by atoms with E-state index in [1.54, 1.807) is 24.3 Å². The molecule has 104 valence electrons. The molecule has 20 heavy (non-hydrogen) atoms. The van der Waals surface area contributed by atoms with Crippen LogP contribution in [0.3, 0.4) is 0 Å². The zero-order valence-electron chi connectivity index (χ0n) is 10.4. The minimum atomic E-state index is -0.406. The zero-order chi connectivity index (χ0) is 14.7. The number of nitrogens with two attached hydrogens (primary N) is 1. The van der Waals surface area contributed by atoms with Gasteiger partial charge in [-0.1, -0.05) is 29.3 Å². The Hall–Kier alpha value is -1.98. The number of nitrogen functional groups attached to an aromatic ring is 1. The third-order valence-corrected chi connectivity index (χ3v) is 3.24. The summed E-state index contributed by atoms with van der Waals surface area (Å²) in [7, 11) is 0. The second-order valence-corrected chi connectivity index (χ2v) is 4.80. The molecular weight excluding hydrogens is 299 g/mol. The van der Waals surface area contributed by atoms with Gasteiger partial charge in [0.2, 0.25) is 0 Å². The van der Waals surface area contributed by atoms with Crippen LogP contribution in [0, 0.1) is 0 Å². The van der Waals surface area contributed by atoms with Crippen molar-refractivity contribution in [3.63, 3.8) is 0 Å². The van der Waals surface area contributed by atoms with E-state index in [-0.39, 0.29) is 11.6 Å². The molecule has 0 aliphatic rings. The minimum Gasteiger partial charge on any atom is -0.399 e. The first-order chi connectivity index (χ1) is 9.52. The van der Waals surface area contributed by atoms with Gasteiger partial charge >= 0.3 is 0 Å². The Morgan fingerprint density at radius 3 is 2.85 bits per heavy atom. The lowest BCUT2D eigenvalue weighted by atomic mass is 10.2. The Bertz CT molecular complexity index is 712. The Morgan fingerprint density at radius 2 is 2.15 bits per heavy atom. The third kappa shape index (κ3) is 2.95. The van der Waals surface area contributed by atoms with E-state index in [9.17, 15) is 4.79 Å². The number of hydrogen-bond donors (Lipinski definition) is 2. The Kier molecular flexibility index (Phi) is 4.32. The van der Waals surface area contributed by atoms with Crippen molar-refractivity contribution in [3.8, 4) is 0 Å². The molecular formula is C13H12Cl2N4O. The van der Waals surface area contributed by atoms with Crippen LogP contribution in [-0.2, 0) is 6.54 Å². The standard InChI is InChI=1S/C13H12Cl2N4O/c1-2-5-19-13(20)12(15)11(7-17-19)18-10-6-8(16)3-4-9(10)14/h2-4,6-7,18H,1,5,16H2. The summed E-state index contributed by atoms with van der Waals surface area (Å²) in [4.78, 5) is 11.9. The number of nitrogens with one attached hydrogen (secondary N) is 1. The molecule has 0 aliphatic carbocycles. The van der Waals surface area contributed by atoms with Gasteiger partial charge in [-0.15, -0.1) is 6.58 Å².